The number of β-amino-alcohol motifs (C(OH)–C–C–N with tert-alkyl or cyclic N) is 1. The first-order valence-corrected chi connectivity index (χ1v) is 29.2. The third-order valence-corrected chi connectivity index (χ3v) is 17.4. The Labute approximate surface area is 478 Å². The van der Waals surface area contributed by atoms with Gasteiger partial charge in [-0.1, -0.05) is 56.3 Å². The highest BCUT2D eigenvalue weighted by Gasteiger charge is 2.44. The number of likely N-dealkylation sites (tertiary alicyclic amines) is 1. The number of nitrogens with one attached hydrogen (secondary N) is 3. The maximum Gasteiger partial charge on any atom is 0.319 e. The molecule has 1 saturated carbocycles. The van der Waals surface area contributed by atoms with Crippen LogP contribution in [0.1, 0.15) is 93.1 Å². The van der Waals surface area contributed by atoms with Gasteiger partial charge in [0.05, 0.1) is 61.1 Å². The molecular formula is C63H67N13O7. The van der Waals surface area contributed by atoms with E-state index in [-0.39, 0.29) is 50.2 Å². The van der Waals surface area contributed by atoms with Crippen molar-refractivity contribution in [3.8, 4) is 34.1 Å². The number of aliphatic hydroxyl groups is 2. The van der Waals surface area contributed by atoms with Crippen molar-refractivity contribution in [2.24, 2.45) is 5.92 Å². The number of benzene rings is 4. The molecule has 2 bridgehead atoms. The lowest BCUT2D eigenvalue weighted by Crippen LogP contribution is -2.50. The molecular weight excluding hydrogens is 1050 g/mol. The van der Waals surface area contributed by atoms with Gasteiger partial charge in [0, 0.05) is 96.7 Å². The first kappa shape index (κ1) is 52.8. The molecule has 4 aromatic carbocycles. The standard InChI is InChI=1S/C63H67N13O7/c1-5-75-53(16-19-67-75)39-12-10-38(11-13-39)52(32-77)68-61(79)54-24-42(78)30-74(54)62(80)58(34(2)3)76-31-48-44-14-7-36(22-50(44)65-28-51(48)72-76)33-82-59-56(55-35(4)6-15-49-47(55)27-66-71-49)45(37-8-9-37)25-46-57(59)69-63(83-43-17-20-81-21-18-43)70-60(46)73-29-40-23-41(73)26-64-40/h6-7,10-16,19,22-23,25,27-28,31,34,37,40,42-43,52,54,58,64,77-78H,5,8-9,17-18,20-21,24,26,29-30,32-33H2,1-4H3,(H,66,71)(H,68,79)/t40-,42+,52-,54-,58?/m0/s1. The van der Waals surface area contributed by atoms with Crippen LogP contribution in [0.15, 0.2) is 103 Å². The number of aromatic nitrogens is 9. The highest BCUT2D eigenvalue weighted by Crippen LogP contribution is 2.53. The van der Waals surface area contributed by atoms with Crippen LogP contribution in [0.5, 0.6) is 11.8 Å². The van der Waals surface area contributed by atoms with E-state index in [1.54, 1.807) is 17.1 Å². The average molecular weight is 1120 g/mol. The third kappa shape index (κ3) is 9.69. The van der Waals surface area contributed by atoms with Gasteiger partial charge in [-0.05, 0) is 102 Å². The van der Waals surface area contributed by atoms with E-state index in [1.807, 2.05) is 86.4 Å². The lowest BCUT2D eigenvalue weighted by Gasteiger charge is -2.30. The molecule has 9 heterocycles. The first-order chi connectivity index (χ1) is 40.5. The Morgan fingerprint density at radius 2 is 1.76 bits per heavy atom. The van der Waals surface area contributed by atoms with Crippen LogP contribution in [0.4, 0.5) is 5.82 Å². The van der Waals surface area contributed by atoms with Crippen LogP contribution < -0.4 is 25.0 Å². The number of ether oxygens (including phenoxy) is 3. The Kier molecular flexibility index (Phi) is 13.6. The van der Waals surface area contributed by atoms with Crippen molar-refractivity contribution in [1.82, 2.24) is 60.2 Å². The number of rotatable bonds is 17. The second kappa shape index (κ2) is 21.5. The number of carbonyl (C=O) groups excluding carboxylic acids is 2. The minimum absolute atomic E-state index is 0.0190. The van der Waals surface area contributed by atoms with Crippen molar-refractivity contribution in [1.29, 1.82) is 0 Å². The number of H-pyrrole nitrogens is 1. The number of aromatic amines is 1. The molecule has 20 heteroatoms. The van der Waals surface area contributed by atoms with Crippen molar-refractivity contribution in [2.45, 2.75) is 115 Å². The number of piperazine rings is 1. The summed E-state index contributed by atoms with van der Waals surface area (Å²) >= 11 is 0. The molecule has 5 aromatic heterocycles. The van der Waals surface area contributed by atoms with Crippen LogP contribution >= 0.6 is 0 Å². The maximum atomic E-state index is 14.9. The summed E-state index contributed by atoms with van der Waals surface area (Å²) in [5.41, 5.74) is 12.0. The third-order valence-electron chi connectivity index (χ3n) is 17.4. The highest BCUT2D eigenvalue weighted by molar-refractivity contribution is 6.07. The number of pyridine rings is 1. The van der Waals surface area contributed by atoms with Crippen molar-refractivity contribution in [3.63, 3.8) is 0 Å². The zero-order valence-electron chi connectivity index (χ0n) is 47.0. The summed E-state index contributed by atoms with van der Waals surface area (Å²) < 4.78 is 23.3. The van der Waals surface area contributed by atoms with Crippen molar-refractivity contribution >= 4 is 61.2 Å². The van der Waals surface area contributed by atoms with E-state index in [9.17, 15) is 19.8 Å². The monoisotopic (exact) mass is 1120 g/mol. The molecule has 2 amide bonds. The number of carbonyl (C=O) groups is 2. The number of aliphatic hydroxyl groups excluding tert-OH is 2. The molecule has 9 aromatic rings. The second-order valence-corrected chi connectivity index (χ2v) is 23.2. The van der Waals surface area contributed by atoms with E-state index in [0.717, 1.165) is 117 Å². The summed E-state index contributed by atoms with van der Waals surface area (Å²) in [6.07, 6.45) is 12.2. The van der Waals surface area contributed by atoms with Gasteiger partial charge < -0.3 is 44.9 Å². The van der Waals surface area contributed by atoms with Gasteiger partial charge in [0.2, 0.25) is 11.8 Å². The van der Waals surface area contributed by atoms with Crippen molar-refractivity contribution in [3.05, 3.63) is 126 Å². The summed E-state index contributed by atoms with van der Waals surface area (Å²) in [7, 11) is 0. The fourth-order valence-electron chi connectivity index (χ4n) is 13.0. The number of aryl methyl sites for hydroxylation is 2. The van der Waals surface area contributed by atoms with Crippen LogP contribution in [-0.2, 0) is 27.5 Å². The predicted octanol–water partition coefficient (Wildman–Crippen LogP) is 7.96. The van der Waals surface area contributed by atoms with Crippen LogP contribution in [0, 0.1) is 12.8 Å². The molecule has 5 N–H and O–H groups in total. The summed E-state index contributed by atoms with van der Waals surface area (Å²) in [6.45, 7) is 11.3. The molecule has 3 fully saturated rings. The fraction of sp³-hybridized carbons (Fsp3) is 0.397. The molecule has 426 valence electrons. The number of anilines is 1. The summed E-state index contributed by atoms with van der Waals surface area (Å²) in [5.74, 6) is 0.759. The summed E-state index contributed by atoms with van der Waals surface area (Å²) in [5, 5.41) is 48.7. The Morgan fingerprint density at radius 3 is 2.52 bits per heavy atom. The van der Waals surface area contributed by atoms with Crippen LogP contribution in [0.25, 0.3) is 66.0 Å². The topological polar surface area (TPSA) is 236 Å². The number of amides is 2. The Morgan fingerprint density at radius 1 is 0.916 bits per heavy atom. The zero-order valence-corrected chi connectivity index (χ0v) is 47.0. The molecule has 83 heavy (non-hydrogen) atoms. The molecule has 2 saturated heterocycles. The minimum atomic E-state index is -0.968. The SMILES string of the molecule is CCn1nccc1-c1ccc([C@H](CO)NC(=O)[C@@H]2C[C@@H](O)CN2C(=O)C(C(C)C)n2cc3c(cnc4cc(COc5c(-c6c(C)ccc7[nH]ncc67)c(C6CC6)cc6c(N7C[C@@H]8C=C7CN8)nc(OC7CCOCC7)nc56)ccc43)n2)cc1. The van der Waals surface area contributed by atoms with Gasteiger partial charge >= 0.3 is 6.01 Å². The highest BCUT2D eigenvalue weighted by atomic mass is 16.5. The van der Waals surface area contributed by atoms with E-state index in [1.165, 1.54) is 16.2 Å². The average Bonchev–Trinajstić information content (AvgIpc) is 2.53. The van der Waals surface area contributed by atoms with E-state index >= 15 is 0 Å². The lowest BCUT2D eigenvalue weighted by molar-refractivity contribution is -0.142. The smallest absolute Gasteiger partial charge is 0.319 e. The Hall–Kier alpha value is -8.30. The molecule has 14 rings (SSSR count). The number of hydrogen-bond donors (Lipinski definition) is 5. The first-order valence-electron chi connectivity index (χ1n) is 29.2. The summed E-state index contributed by atoms with van der Waals surface area (Å²) in [4.78, 5) is 48.3. The molecule has 1 aliphatic carbocycles. The molecule has 4 aliphatic heterocycles. The molecule has 0 radical (unpaired) electrons. The zero-order chi connectivity index (χ0) is 56.6. The molecule has 1 unspecified atom stereocenters. The molecule has 0 spiro atoms. The lowest BCUT2D eigenvalue weighted by atomic mass is 9.89. The van der Waals surface area contributed by atoms with Gasteiger partial charge in [0.25, 0.3) is 0 Å². The largest absolute Gasteiger partial charge is 0.486 e. The van der Waals surface area contributed by atoms with Gasteiger partial charge in [-0.25, -0.2) is 0 Å². The predicted molar refractivity (Wildman–Crippen MR) is 314 cm³/mol. The van der Waals surface area contributed by atoms with E-state index < -0.39 is 30.1 Å². The van der Waals surface area contributed by atoms with Crippen LogP contribution in [0.2, 0.25) is 0 Å². The van der Waals surface area contributed by atoms with E-state index in [4.69, 9.17) is 34.3 Å². The molecule has 20 nitrogen and oxygen atoms in total. The number of nitrogens with zero attached hydrogens (tertiary/aromatic N) is 10. The minimum Gasteiger partial charge on any atom is -0.486 e. The van der Waals surface area contributed by atoms with Gasteiger partial charge in [0.15, 0.2) is 5.75 Å². The second-order valence-electron chi connectivity index (χ2n) is 23.2. The van der Waals surface area contributed by atoms with Crippen molar-refractivity contribution < 1.29 is 34.0 Å². The number of fused-ring (bicyclic) bond motifs is 6. The Balaban J connectivity index is 0.776. The van der Waals surface area contributed by atoms with Crippen LogP contribution in [-0.4, -0.2) is 135 Å². The van der Waals surface area contributed by atoms with Gasteiger partial charge in [-0.15, -0.1) is 0 Å². The quantitative estimate of drug-likeness (QED) is 0.0582. The fourth-order valence-corrected chi connectivity index (χ4v) is 13.0. The maximum absolute atomic E-state index is 14.9. The normalized spacial score (nSPS) is 19.9. The van der Waals surface area contributed by atoms with Gasteiger partial charge in [0.1, 0.15) is 41.6 Å². The number of hydrogen-bond acceptors (Lipinski definition) is 15. The molecule has 5 atom stereocenters. The van der Waals surface area contributed by atoms with E-state index in [2.05, 4.69) is 62.0 Å². The van der Waals surface area contributed by atoms with Crippen molar-refractivity contribution in [2.75, 3.05) is 44.4 Å². The Bertz CT molecular complexity index is 4010. The van der Waals surface area contributed by atoms with Gasteiger partial charge in [-0.3, -0.25) is 29.0 Å². The summed E-state index contributed by atoms with van der Waals surface area (Å²) in [6, 6.07) is 20.2. The molecule has 5 aliphatic rings. The van der Waals surface area contributed by atoms with Crippen LogP contribution in [0.3, 0.4) is 0 Å². The van der Waals surface area contributed by atoms with Gasteiger partial charge in [-0.2, -0.15) is 25.3 Å². The van der Waals surface area contributed by atoms with E-state index in [0.29, 0.717) is 47.5 Å².